The lowest BCUT2D eigenvalue weighted by atomic mass is 9.80. The van der Waals surface area contributed by atoms with Crippen LogP contribution >= 0.6 is 0 Å². The Kier molecular flexibility index (Phi) is 9.76. The van der Waals surface area contributed by atoms with Crippen molar-refractivity contribution in [2.75, 3.05) is 11.9 Å². The summed E-state index contributed by atoms with van der Waals surface area (Å²) >= 11 is 0. The molecule has 1 amide bonds. The van der Waals surface area contributed by atoms with Gasteiger partial charge in [0.1, 0.15) is 10.6 Å². The predicted octanol–water partition coefficient (Wildman–Crippen LogP) is 5.09. The zero-order valence-electron chi connectivity index (χ0n) is 26.5. The minimum Gasteiger partial charge on any atom is -0.366 e. The standard InChI is InChI=1S/C33H41N7O4S/c1-6-14-39-21-29(37-38-39)22-44-31(33(4,5)32(41)36-28-8-7-12-34-17-28)26-10-9-24(3)27(16-26)20-40-19-23(2)15-25-11-13-35-18-30(25)45(40,42)43/h7-13,16-18,21,23,31H,6,14-15,19-20,22H2,1-5H3,(H,36,41)/t23-,31+/m0/s1. The number of nitrogens with zero attached hydrogens (tertiary/aromatic N) is 6. The molecule has 4 aromatic rings. The summed E-state index contributed by atoms with van der Waals surface area (Å²) in [6.45, 7) is 11.2. The van der Waals surface area contributed by atoms with Crippen LogP contribution in [0.15, 0.2) is 72.3 Å². The molecule has 0 saturated carbocycles. The monoisotopic (exact) mass is 631 g/mol. The highest BCUT2D eigenvalue weighted by Gasteiger charge is 2.40. The van der Waals surface area contributed by atoms with Gasteiger partial charge in [0.2, 0.25) is 15.9 Å². The van der Waals surface area contributed by atoms with Gasteiger partial charge in [0.15, 0.2) is 0 Å². The first-order valence-electron chi connectivity index (χ1n) is 15.2. The molecule has 0 fully saturated rings. The third kappa shape index (κ3) is 7.29. The van der Waals surface area contributed by atoms with Crippen molar-refractivity contribution in [3.63, 3.8) is 0 Å². The summed E-state index contributed by atoms with van der Waals surface area (Å²) in [6.07, 6.45) is 9.06. The maximum Gasteiger partial charge on any atom is 0.245 e. The second-order valence-corrected chi connectivity index (χ2v) is 14.3. The van der Waals surface area contributed by atoms with Crippen molar-refractivity contribution >= 4 is 21.6 Å². The van der Waals surface area contributed by atoms with E-state index < -0.39 is 21.5 Å². The molecular weight excluding hydrogens is 590 g/mol. The highest BCUT2D eigenvalue weighted by atomic mass is 32.2. The minimum atomic E-state index is -3.77. The second-order valence-electron chi connectivity index (χ2n) is 12.4. The van der Waals surface area contributed by atoms with Crippen LogP contribution in [0.25, 0.3) is 0 Å². The van der Waals surface area contributed by atoms with Crippen LogP contribution in [0.2, 0.25) is 0 Å². The molecule has 5 rings (SSSR count). The molecule has 4 heterocycles. The van der Waals surface area contributed by atoms with Gasteiger partial charge in [-0.1, -0.05) is 37.3 Å². The van der Waals surface area contributed by atoms with Crippen LogP contribution in [0.3, 0.4) is 0 Å². The number of anilines is 1. The van der Waals surface area contributed by atoms with Gasteiger partial charge in [-0.3, -0.25) is 19.4 Å². The van der Waals surface area contributed by atoms with Gasteiger partial charge in [0.25, 0.3) is 0 Å². The van der Waals surface area contributed by atoms with E-state index in [0.29, 0.717) is 24.3 Å². The molecule has 0 saturated heterocycles. The van der Waals surface area contributed by atoms with Crippen LogP contribution < -0.4 is 5.32 Å². The Morgan fingerprint density at radius 2 is 1.96 bits per heavy atom. The quantitative estimate of drug-likeness (QED) is 0.242. The zero-order valence-corrected chi connectivity index (χ0v) is 27.3. The van der Waals surface area contributed by atoms with Crippen LogP contribution in [-0.2, 0) is 45.7 Å². The number of carbonyl (C=O) groups excluding carboxylic acids is 1. The summed E-state index contributed by atoms with van der Waals surface area (Å²) in [4.78, 5) is 22.2. The summed E-state index contributed by atoms with van der Waals surface area (Å²) in [5.41, 5.74) is 3.51. The molecule has 0 spiro atoms. The van der Waals surface area contributed by atoms with Crippen LogP contribution in [0.1, 0.15) is 68.2 Å². The first-order chi connectivity index (χ1) is 21.5. The number of amides is 1. The highest BCUT2D eigenvalue weighted by Crippen LogP contribution is 2.39. The Morgan fingerprint density at radius 3 is 2.71 bits per heavy atom. The Morgan fingerprint density at radius 1 is 1.16 bits per heavy atom. The average Bonchev–Trinajstić information content (AvgIpc) is 3.42. The fourth-order valence-corrected chi connectivity index (χ4v) is 7.39. The lowest BCUT2D eigenvalue weighted by Gasteiger charge is -2.34. The normalized spacial score (nSPS) is 17.3. The van der Waals surface area contributed by atoms with Crippen molar-refractivity contribution in [2.24, 2.45) is 11.3 Å². The molecule has 2 atom stereocenters. The molecule has 1 N–H and O–H groups in total. The maximum absolute atomic E-state index is 13.8. The van der Waals surface area contributed by atoms with Crippen LogP contribution in [0, 0.1) is 18.3 Å². The summed E-state index contributed by atoms with van der Waals surface area (Å²) in [5.74, 6) is -0.121. The van der Waals surface area contributed by atoms with Gasteiger partial charge in [0.05, 0.1) is 36.2 Å². The van der Waals surface area contributed by atoms with E-state index in [1.807, 2.05) is 45.2 Å². The molecule has 1 aliphatic heterocycles. The van der Waals surface area contributed by atoms with Gasteiger partial charge in [-0.2, -0.15) is 4.31 Å². The topological polar surface area (TPSA) is 132 Å². The molecule has 1 aromatic carbocycles. The van der Waals surface area contributed by atoms with Crippen molar-refractivity contribution < 1.29 is 17.9 Å². The Balaban J connectivity index is 1.48. The van der Waals surface area contributed by atoms with E-state index in [-0.39, 0.29) is 29.9 Å². The van der Waals surface area contributed by atoms with Crippen LogP contribution in [0.5, 0.6) is 0 Å². The molecular formula is C33H41N7O4S. The molecule has 0 radical (unpaired) electrons. The average molecular weight is 632 g/mol. The molecule has 0 unspecified atom stereocenters. The molecule has 45 heavy (non-hydrogen) atoms. The number of rotatable bonds is 11. The Labute approximate surface area is 265 Å². The van der Waals surface area contributed by atoms with Crippen LogP contribution in [0.4, 0.5) is 5.69 Å². The number of sulfonamides is 1. The van der Waals surface area contributed by atoms with Crippen molar-refractivity contribution in [1.82, 2.24) is 29.3 Å². The number of pyridine rings is 2. The maximum atomic E-state index is 13.8. The van der Waals surface area contributed by atoms with E-state index in [0.717, 1.165) is 35.2 Å². The fraction of sp³-hybridized carbons (Fsp3) is 0.424. The lowest BCUT2D eigenvalue weighted by Crippen LogP contribution is -2.38. The van der Waals surface area contributed by atoms with Gasteiger partial charge in [-0.25, -0.2) is 8.42 Å². The third-order valence-electron chi connectivity index (χ3n) is 8.19. The SMILES string of the molecule is CCCn1cc(CO[C@H](c2ccc(C)c(CN3C[C@@H](C)Cc4ccncc4S3(=O)=O)c2)C(C)(C)C(=O)Nc2cccnc2)nn1. The fourth-order valence-electron chi connectivity index (χ4n) is 5.68. The van der Waals surface area contributed by atoms with Gasteiger partial charge in [-0.15, -0.1) is 5.10 Å². The highest BCUT2D eigenvalue weighted by molar-refractivity contribution is 7.89. The number of fused-ring (bicyclic) bond motifs is 1. The number of nitrogens with one attached hydrogen (secondary N) is 1. The van der Waals surface area contributed by atoms with E-state index in [4.69, 9.17) is 4.74 Å². The van der Waals surface area contributed by atoms with Gasteiger partial charge < -0.3 is 10.1 Å². The summed E-state index contributed by atoms with van der Waals surface area (Å²) in [6, 6.07) is 11.2. The number of ether oxygens (including phenoxy) is 1. The number of aryl methyl sites for hydroxylation is 2. The number of carbonyl (C=O) groups is 1. The molecule has 0 bridgehead atoms. The Bertz CT molecular complexity index is 1740. The predicted molar refractivity (Wildman–Crippen MR) is 170 cm³/mol. The van der Waals surface area contributed by atoms with E-state index >= 15 is 0 Å². The summed E-state index contributed by atoms with van der Waals surface area (Å²) in [7, 11) is -3.77. The number of benzene rings is 1. The van der Waals surface area contributed by atoms with Crippen molar-refractivity contribution in [3.05, 3.63) is 95.3 Å². The molecule has 3 aromatic heterocycles. The van der Waals surface area contributed by atoms with Crippen molar-refractivity contribution in [2.45, 2.75) is 78.2 Å². The van der Waals surface area contributed by atoms with E-state index in [1.165, 1.54) is 6.20 Å². The first-order valence-corrected chi connectivity index (χ1v) is 16.7. The smallest absolute Gasteiger partial charge is 0.245 e. The van der Waals surface area contributed by atoms with Gasteiger partial charge in [0, 0.05) is 38.2 Å². The molecule has 1 aliphatic rings. The van der Waals surface area contributed by atoms with E-state index in [9.17, 15) is 13.2 Å². The largest absolute Gasteiger partial charge is 0.366 e. The third-order valence-corrected chi connectivity index (χ3v) is 10.1. The van der Waals surface area contributed by atoms with E-state index in [2.05, 4.69) is 39.4 Å². The molecule has 12 heteroatoms. The number of aromatic nitrogens is 5. The second kappa shape index (κ2) is 13.6. The van der Waals surface area contributed by atoms with Crippen molar-refractivity contribution in [1.29, 1.82) is 0 Å². The molecule has 11 nitrogen and oxygen atoms in total. The Hall–Kier alpha value is -4.00. The van der Waals surface area contributed by atoms with Gasteiger partial charge in [-0.05, 0) is 80.0 Å². The first kappa shape index (κ1) is 32.4. The van der Waals surface area contributed by atoms with E-state index in [1.54, 1.807) is 45.8 Å². The number of hydrogen-bond donors (Lipinski definition) is 1. The summed E-state index contributed by atoms with van der Waals surface area (Å²) in [5, 5.41) is 11.4. The minimum absolute atomic E-state index is 0.124. The van der Waals surface area contributed by atoms with Crippen molar-refractivity contribution in [3.8, 4) is 0 Å². The molecule has 0 aliphatic carbocycles. The van der Waals surface area contributed by atoms with Crippen LogP contribution in [-0.4, -0.2) is 50.1 Å². The van der Waals surface area contributed by atoms with Gasteiger partial charge >= 0.3 is 0 Å². The number of hydrogen-bond acceptors (Lipinski definition) is 8. The lowest BCUT2D eigenvalue weighted by molar-refractivity contribution is -0.134. The summed E-state index contributed by atoms with van der Waals surface area (Å²) < 4.78 is 37.5. The molecule has 238 valence electrons. The zero-order chi connectivity index (χ0) is 32.2.